The molecule has 76 valence electrons. The minimum absolute atomic E-state index is 0.0231. The molecular formula is C8H11N3O2S. The largest absolute Gasteiger partial charge is 0.334 e. The average molecular weight is 213 g/mol. The highest BCUT2D eigenvalue weighted by atomic mass is 32.2. The number of aromatic amines is 1. The van der Waals surface area contributed by atoms with E-state index in [2.05, 4.69) is 14.7 Å². The van der Waals surface area contributed by atoms with Crippen LogP contribution in [0, 0.1) is 0 Å². The van der Waals surface area contributed by atoms with Crippen molar-refractivity contribution in [3.8, 4) is 0 Å². The van der Waals surface area contributed by atoms with Crippen molar-refractivity contribution in [2.45, 2.75) is 24.0 Å². The molecule has 0 bridgehead atoms. The minimum atomic E-state index is -3.46. The number of nitrogens with zero attached hydrogens (tertiary/aromatic N) is 1. The Labute approximate surface area is 82.3 Å². The van der Waals surface area contributed by atoms with Gasteiger partial charge in [0.1, 0.15) is 0 Å². The number of H-pyrrole nitrogens is 1. The Kier molecular flexibility index (Phi) is 2.39. The van der Waals surface area contributed by atoms with Gasteiger partial charge in [0.2, 0.25) is 5.16 Å². The smallest absolute Gasteiger partial charge is 0.274 e. The first-order valence-corrected chi connectivity index (χ1v) is 5.83. The molecule has 0 unspecified atom stereocenters. The van der Waals surface area contributed by atoms with E-state index in [1.165, 1.54) is 12.4 Å². The Morgan fingerprint density at radius 2 is 2.14 bits per heavy atom. The maximum Gasteiger partial charge on any atom is 0.274 e. The van der Waals surface area contributed by atoms with Crippen LogP contribution in [0.15, 0.2) is 29.7 Å². The molecule has 1 aromatic rings. The molecule has 2 N–H and O–H groups in total. The third-order valence-corrected chi connectivity index (χ3v) is 3.43. The van der Waals surface area contributed by atoms with E-state index in [1.54, 1.807) is 0 Å². The molecule has 14 heavy (non-hydrogen) atoms. The van der Waals surface area contributed by atoms with Crippen molar-refractivity contribution >= 4 is 10.0 Å². The van der Waals surface area contributed by atoms with Crippen molar-refractivity contribution in [2.24, 2.45) is 0 Å². The number of rotatable bonds is 3. The topological polar surface area (TPSA) is 74.8 Å². The molecular weight excluding hydrogens is 202 g/mol. The Bertz CT molecular complexity index is 413. The summed E-state index contributed by atoms with van der Waals surface area (Å²) in [6, 6.07) is -0.0231. The van der Waals surface area contributed by atoms with Crippen molar-refractivity contribution in [1.29, 1.82) is 0 Å². The fraction of sp³-hybridized carbons (Fsp3) is 0.375. The van der Waals surface area contributed by atoms with Crippen LogP contribution in [-0.4, -0.2) is 24.4 Å². The van der Waals surface area contributed by atoms with Gasteiger partial charge >= 0.3 is 0 Å². The molecule has 1 heterocycles. The summed E-state index contributed by atoms with van der Waals surface area (Å²) >= 11 is 0. The standard InChI is InChI=1S/C8H11N3O2S/c12-14(13,8-9-5-6-10-8)11-7-3-1-2-4-7/h1-2,5-7,11H,3-4H2,(H,9,10). The van der Waals surface area contributed by atoms with Crippen molar-refractivity contribution in [3.63, 3.8) is 0 Å². The average Bonchev–Trinajstić information content (AvgIpc) is 2.71. The first-order chi connectivity index (χ1) is 6.68. The zero-order chi connectivity index (χ0) is 10.0. The lowest BCUT2D eigenvalue weighted by Crippen LogP contribution is -2.33. The fourth-order valence-electron chi connectivity index (χ4n) is 1.39. The second kappa shape index (κ2) is 3.55. The third-order valence-electron chi connectivity index (χ3n) is 2.06. The maximum absolute atomic E-state index is 11.6. The Morgan fingerprint density at radius 3 is 2.71 bits per heavy atom. The molecule has 1 aromatic heterocycles. The summed E-state index contributed by atoms with van der Waals surface area (Å²) in [5, 5.41) is -0.0237. The van der Waals surface area contributed by atoms with Gasteiger partial charge in [-0.05, 0) is 12.8 Å². The molecule has 5 nitrogen and oxygen atoms in total. The highest BCUT2D eigenvalue weighted by Gasteiger charge is 2.22. The summed E-state index contributed by atoms with van der Waals surface area (Å²) in [7, 11) is -3.46. The van der Waals surface area contributed by atoms with E-state index in [4.69, 9.17) is 0 Å². The molecule has 0 fully saturated rings. The van der Waals surface area contributed by atoms with E-state index in [0.29, 0.717) is 0 Å². The first kappa shape index (κ1) is 9.42. The van der Waals surface area contributed by atoms with Gasteiger partial charge < -0.3 is 4.98 Å². The van der Waals surface area contributed by atoms with Crippen LogP contribution < -0.4 is 4.72 Å². The van der Waals surface area contributed by atoms with Crippen LogP contribution in [0.5, 0.6) is 0 Å². The summed E-state index contributed by atoms with van der Waals surface area (Å²) in [5.41, 5.74) is 0. The normalized spacial score (nSPS) is 17.7. The quantitative estimate of drug-likeness (QED) is 0.714. The SMILES string of the molecule is O=S(=O)(NC1CC=CC1)c1ncc[nH]1. The van der Waals surface area contributed by atoms with E-state index in [9.17, 15) is 8.42 Å². The van der Waals surface area contributed by atoms with Crippen LogP contribution in [0.1, 0.15) is 12.8 Å². The van der Waals surface area contributed by atoms with E-state index in [1.807, 2.05) is 12.2 Å². The molecule has 1 aliphatic carbocycles. The molecule has 0 amide bonds. The van der Waals surface area contributed by atoms with Crippen molar-refractivity contribution < 1.29 is 8.42 Å². The number of hydrogen-bond donors (Lipinski definition) is 2. The van der Waals surface area contributed by atoms with Crippen LogP contribution in [0.2, 0.25) is 0 Å². The molecule has 0 atom stereocenters. The number of imidazole rings is 1. The van der Waals surface area contributed by atoms with E-state index in [-0.39, 0.29) is 11.2 Å². The lowest BCUT2D eigenvalue weighted by atomic mass is 10.3. The monoisotopic (exact) mass is 213 g/mol. The minimum Gasteiger partial charge on any atom is -0.334 e. The maximum atomic E-state index is 11.6. The van der Waals surface area contributed by atoms with Crippen molar-refractivity contribution in [3.05, 3.63) is 24.5 Å². The van der Waals surface area contributed by atoms with Gasteiger partial charge in [0.25, 0.3) is 10.0 Å². The predicted molar refractivity (Wildman–Crippen MR) is 51.1 cm³/mol. The summed E-state index contributed by atoms with van der Waals surface area (Å²) < 4.78 is 25.8. The zero-order valence-electron chi connectivity index (χ0n) is 7.47. The van der Waals surface area contributed by atoms with Gasteiger partial charge in [-0.2, -0.15) is 0 Å². The predicted octanol–water partition coefficient (Wildman–Crippen LogP) is 0.407. The first-order valence-electron chi connectivity index (χ1n) is 4.35. The van der Waals surface area contributed by atoms with E-state index < -0.39 is 10.0 Å². The summed E-state index contributed by atoms with van der Waals surface area (Å²) in [6.45, 7) is 0. The van der Waals surface area contributed by atoms with Crippen molar-refractivity contribution in [2.75, 3.05) is 0 Å². The summed E-state index contributed by atoms with van der Waals surface area (Å²) in [5.74, 6) is 0. The van der Waals surface area contributed by atoms with Crippen molar-refractivity contribution in [1.82, 2.24) is 14.7 Å². The van der Waals surface area contributed by atoms with Crippen LogP contribution in [0.3, 0.4) is 0 Å². The van der Waals surface area contributed by atoms with E-state index in [0.717, 1.165) is 12.8 Å². The Hall–Kier alpha value is -1.14. The van der Waals surface area contributed by atoms with Gasteiger partial charge in [-0.1, -0.05) is 12.2 Å². The molecule has 6 heteroatoms. The number of aromatic nitrogens is 2. The Morgan fingerprint density at radius 1 is 1.43 bits per heavy atom. The molecule has 0 radical (unpaired) electrons. The second-order valence-corrected chi connectivity index (χ2v) is 4.78. The summed E-state index contributed by atoms with van der Waals surface area (Å²) in [6.07, 6.45) is 8.34. The molecule has 2 rings (SSSR count). The van der Waals surface area contributed by atoms with Crippen LogP contribution in [0.25, 0.3) is 0 Å². The molecule has 0 saturated heterocycles. The lowest BCUT2D eigenvalue weighted by Gasteiger charge is -2.10. The molecule has 0 spiro atoms. The van der Waals surface area contributed by atoms with Gasteiger partial charge in [-0.15, -0.1) is 0 Å². The zero-order valence-corrected chi connectivity index (χ0v) is 8.29. The highest BCUT2D eigenvalue weighted by molar-refractivity contribution is 7.89. The fourth-order valence-corrected chi connectivity index (χ4v) is 2.55. The number of sulfonamides is 1. The molecule has 0 aliphatic heterocycles. The van der Waals surface area contributed by atoms with Crippen LogP contribution in [0.4, 0.5) is 0 Å². The summed E-state index contributed by atoms with van der Waals surface area (Å²) in [4.78, 5) is 6.27. The van der Waals surface area contributed by atoms with Gasteiger partial charge in [-0.25, -0.2) is 18.1 Å². The third kappa shape index (κ3) is 1.85. The van der Waals surface area contributed by atoms with E-state index >= 15 is 0 Å². The Balaban J connectivity index is 2.10. The lowest BCUT2D eigenvalue weighted by molar-refractivity contribution is 0.550. The number of nitrogens with one attached hydrogen (secondary N) is 2. The van der Waals surface area contributed by atoms with Gasteiger partial charge in [0.15, 0.2) is 0 Å². The van der Waals surface area contributed by atoms with Crippen LogP contribution in [-0.2, 0) is 10.0 Å². The van der Waals surface area contributed by atoms with Crippen LogP contribution >= 0.6 is 0 Å². The molecule has 0 saturated carbocycles. The highest BCUT2D eigenvalue weighted by Crippen LogP contribution is 2.12. The van der Waals surface area contributed by atoms with Gasteiger partial charge in [0, 0.05) is 18.4 Å². The second-order valence-electron chi connectivity index (χ2n) is 3.16. The molecule has 1 aliphatic rings. The number of hydrogen-bond acceptors (Lipinski definition) is 3. The van der Waals surface area contributed by atoms with Gasteiger partial charge in [0.05, 0.1) is 0 Å². The van der Waals surface area contributed by atoms with Gasteiger partial charge in [-0.3, -0.25) is 0 Å². The molecule has 0 aromatic carbocycles.